The molecule has 2 aromatic carbocycles. The van der Waals surface area contributed by atoms with Crippen LogP contribution in [0.25, 0.3) is 0 Å². The highest BCUT2D eigenvalue weighted by Gasteiger charge is 2.27. The normalized spacial score (nSPS) is 16.0. The largest absolute Gasteiger partial charge is 0.340 e. The standard InChI is InChI=1S/C23H29N3O4S/c1-17(2)21(25-22(27)18-10-5-3-6-11-18)23(28)24-19-12-9-13-20(16-19)31(29,30)26-14-7-4-8-15-26/h3,5-6,9-13,16-17,21H,4,7-8,14-15H2,1-2H3,(H,24,28)(H,25,27). The summed E-state index contributed by atoms with van der Waals surface area (Å²) in [6.07, 6.45) is 2.74. The number of benzene rings is 2. The van der Waals surface area contributed by atoms with Gasteiger partial charge in [-0.15, -0.1) is 0 Å². The zero-order valence-electron chi connectivity index (χ0n) is 17.9. The van der Waals surface area contributed by atoms with Crippen molar-refractivity contribution in [1.29, 1.82) is 0 Å². The van der Waals surface area contributed by atoms with Gasteiger partial charge in [0, 0.05) is 24.3 Å². The van der Waals surface area contributed by atoms with Crippen LogP contribution in [0, 0.1) is 5.92 Å². The first kappa shape index (κ1) is 23.0. The third kappa shape index (κ3) is 5.71. The quantitative estimate of drug-likeness (QED) is 0.687. The third-order valence-corrected chi connectivity index (χ3v) is 7.22. The number of anilines is 1. The van der Waals surface area contributed by atoms with Gasteiger partial charge in [0.25, 0.3) is 5.91 Å². The van der Waals surface area contributed by atoms with E-state index in [1.807, 2.05) is 19.9 Å². The van der Waals surface area contributed by atoms with Crippen LogP contribution >= 0.6 is 0 Å². The Kier molecular flexibility index (Phi) is 7.46. The minimum atomic E-state index is -3.60. The topological polar surface area (TPSA) is 95.6 Å². The molecule has 8 heteroatoms. The fourth-order valence-electron chi connectivity index (χ4n) is 3.56. The van der Waals surface area contributed by atoms with Crippen LogP contribution in [0.5, 0.6) is 0 Å². The number of carbonyl (C=O) groups excluding carboxylic acids is 2. The molecule has 3 rings (SSSR count). The second-order valence-corrected chi connectivity index (χ2v) is 9.98. The summed E-state index contributed by atoms with van der Waals surface area (Å²) in [4.78, 5) is 25.6. The average Bonchev–Trinajstić information content (AvgIpc) is 2.78. The number of sulfonamides is 1. The number of carbonyl (C=O) groups is 2. The molecule has 1 saturated heterocycles. The van der Waals surface area contributed by atoms with Crippen molar-refractivity contribution in [3.05, 3.63) is 60.2 Å². The lowest BCUT2D eigenvalue weighted by Gasteiger charge is -2.26. The lowest BCUT2D eigenvalue weighted by Crippen LogP contribution is -2.47. The molecule has 0 aliphatic carbocycles. The van der Waals surface area contributed by atoms with Crippen molar-refractivity contribution in [3.63, 3.8) is 0 Å². The van der Waals surface area contributed by atoms with Gasteiger partial charge in [-0.3, -0.25) is 9.59 Å². The Morgan fingerprint density at radius 3 is 2.26 bits per heavy atom. The van der Waals surface area contributed by atoms with Crippen LogP contribution < -0.4 is 10.6 Å². The van der Waals surface area contributed by atoms with Crippen molar-refractivity contribution < 1.29 is 18.0 Å². The molecule has 1 aliphatic rings. The van der Waals surface area contributed by atoms with Crippen LogP contribution in [0.1, 0.15) is 43.5 Å². The molecule has 0 bridgehead atoms. The van der Waals surface area contributed by atoms with Crippen LogP contribution in [0.15, 0.2) is 59.5 Å². The monoisotopic (exact) mass is 443 g/mol. The van der Waals surface area contributed by atoms with Gasteiger partial charge in [-0.25, -0.2) is 8.42 Å². The molecule has 2 N–H and O–H groups in total. The first-order valence-corrected chi connectivity index (χ1v) is 12.0. The molecular formula is C23H29N3O4S. The van der Waals surface area contributed by atoms with E-state index < -0.39 is 22.0 Å². The van der Waals surface area contributed by atoms with Crippen LogP contribution in [-0.4, -0.2) is 43.7 Å². The zero-order chi connectivity index (χ0) is 22.4. The lowest BCUT2D eigenvalue weighted by molar-refractivity contribution is -0.118. The summed E-state index contributed by atoms with van der Waals surface area (Å²) in [5.74, 6) is -0.893. The SMILES string of the molecule is CC(C)C(NC(=O)c1ccccc1)C(=O)Nc1cccc(S(=O)(=O)N2CCCCC2)c1. The molecule has 0 spiro atoms. The van der Waals surface area contributed by atoms with Gasteiger partial charge in [-0.1, -0.05) is 44.5 Å². The third-order valence-electron chi connectivity index (χ3n) is 5.33. The Hall–Kier alpha value is -2.71. The van der Waals surface area contributed by atoms with E-state index in [0.717, 1.165) is 19.3 Å². The van der Waals surface area contributed by atoms with Gasteiger partial charge >= 0.3 is 0 Å². The number of piperidine rings is 1. The first-order chi connectivity index (χ1) is 14.8. The maximum absolute atomic E-state index is 12.9. The van der Waals surface area contributed by atoms with Crippen LogP contribution in [0.2, 0.25) is 0 Å². The molecule has 0 saturated carbocycles. The number of hydrogen-bond acceptors (Lipinski definition) is 4. The van der Waals surface area contributed by atoms with E-state index >= 15 is 0 Å². The molecule has 1 unspecified atom stereocenters. The van der Waals surface area contributed by atoms with E-state index in [1.165, 1.54) is 16.4 Å². The van der Waals surface area contributed by atoms with Gasteiger partial charge in [-0.05, 0) is 49.1 Å². The summed E-state index contributed by atoms with van der Waals surface area (Å²) in [5.41, 5.74) is 0.846. The van der Waals surface area contributed by atoms with Crippen LogP contribution in [0.4, 0.5) is 5.69 Å². The Morgan fingerprint density at radius 2 is 1.61 bits per heavy atom. The van der Waals surface area contributed by atoms with Crippen molar-refractivity contribution in [1.82, 2.24) is 9.62 Å². The molecular weight excluding hydrogens is 414 g/mol. The van der Waals surface area contributed by atoms with E-state index in [4.69, 9.17) is 0 Å². The Bertz CT molecular complexity index is 1020. The van der Waals surface area contributed by atoms with Gasteiger partial charge in [0.15, 0.2) is 0 Å². The Balaban J connectivity index is 1.73. The summed E-state index contributed by atoms with van der Waals surface area (Å²) >= 11 is 0. The smallest absolute Gasteiger partial charge is 0.251 e. The van der Waals surface area contributed by atoms with E-state index in [0.29, 0.717) is 24.3 Å². The summed E-state index contributed by atoms with van der Waals surface area (Å²) in [5, 5.41) is 5.53. The van der Waals surface area contributed by atoms with Gasteiger partial charge in [0.05, 0.1) is 4.90 Å². The van der Waals surface area contributed by atoms with E-state index in [1.54, 1.807) is 36.4 Å². The number of amides is 2. The van der Waals surface area contributed by atoms with Crippen LogP contribution in [-0.2, 0) is 14.8 Å². The number of nitrogens with zero attached hydrogens (tertiary/aromatic N) is 1. The predicted octanol–water partition coefficient (Wildman–Crippen LogP) is 3.25. The lowest BCUT2D eigenvalue weighted by atomic mass is 10.0. The maximum Gasteiger partial charge on any atom is 0.251 e. The molecule has 0 aromatic heterocycles. The first-order valence-electron chi connectivity index (χ1n) is 10.6. The summed E-state index contributed by atoms with van der Waals surface area (Å²) in [7, 11) is -3.60. The number of hydrogen-bond donors (Lipinski definition) is 2. The molecule has 1 heterocycles. The van der Waals surface area contributed by atoms with E-state index in [2.05, 4.69) is 10.6 Å². The summed E-state index contributed by atoms with van der Waals surface area (Å²) < 4.78 is 27.3. The van der Waals surface area contributed by atoms with Crippen molar-refractivity contribution in [3.8, 4) is 0 Å². The number of rotatable bonds is 7. The predicted molar refractivity (Wildman–Crippen MR) is 120 cm³/mol. The molecule has 2 aromatic rings. The molecule has 31 heavy (non-hydrogen) atoms. The highest BCUT2D eigenvalue weighted by Crippen LogP contribution is 2.23. The summed E-state index contributed by atoms with van der Waals surface area (Å²) in [6.45, 7) is 4.71. The van der Waals surface area contributed by atoms with Crippen molar-refractivity contribution in [2.24, 2.45) is 5.92 Å². The van der Waals surface area contributed by atoms with Gasteiger partial charge in [0.1, 0.15) is 6.04 Å². The minimum absolute atomic E-state index is 0.154. The summed E-state index contributed by atoms with van der Waals surface area (Å²) in [6, 6.07) is 14.2. The number of nitrogens with one attached hydrogen (secondary N) is 2. The van der Waals surface area contributed by atoms with Gasteiger partial charge in [-0.2, -0.15) is 4.31 Å². The van der Waals surface area contributed by atoms with Gasteiger partial charge in [0.2, 0.25) is 15.9 Å². The Labute approximate surface area is 183 Å². The minimum Gasteiger partial charge on any atom is -0.340 e. The van der Waals surface area contributed by atoms with E-state index in [-0.39, 0.29) is 16.7 Å². The second-order valence-electron chi connectivity index (χ2n) is 8.04. The maximum atomic E-state index is 12.9. The van der Waals surface area contributed by atoms with Crippen LogP contribution in [0.3, 0.4) is 0 Å². The fourth-order valence-corrected chi connectivity index (χ4v) is 5.12. The second kappa shape index (κ2) is 10.1. The molecule has 7 nitrogen and oxygen atoms in total. The molecule has 1 fully saturated rings. The molecule has 0 radical (unpaired) electrons. The van der Waals surface area contributed by atoms with Crippen molar-refractivity contribution in [2.75, 3.05) is 18.4 Å². The molecule has 166 valence electrons. The highest BCUT2D eigenvalue weighted by atomic mass is 32.2. The van der Waals surface area contributed by atoms with Crippen molar-refractivity contribution in [2.45, 2.75) is 44.0 Å². The fraction of sp³-hybridized carbons (Fsp3) is 0.391. The zero-order valence-corrected chi connectivity index (χ0v) is 18.7. The Morgan fingerprint density at radius 1 is 0.935 bits per heavy atom. The molecule has 1 aliphatic heterocycles. The molecule has 2 amide bonds. The van der Waals surface area contributed by atoms with E-state index in [9.17, 15) is 18.0 Å². The highest BCUT2D eigenvalue weighted by molar-refractivity contribution is 7.89. The van der Waals surface area contributed by atoms with Crippen molar-refractivity contribution >= 4 is 27.5 Å². The average molecular weight is 444 g/mol. The van der Waals surface area contributed by atoms with Gasteiger partial charge < -0.3 is 10.6 Å². The molecule has 1 atom stereocenters.